The predicted molar refractivity (Wildman–Crippen MR) is 111 cm³/mol. The second-order valence-electron chi connectivity index (χ2n) is 6.77. The summed E-state index contributed by atoms with van der Waals surface area (Å²) >= 11 is 0. The summed E-state index contributed by atoms with van der Waals surface area (Å²) in [5.41, 5.74) is 1.53. The van der Waals surface area contributed by atoms with Crippen LogP contribution in [0.1, 0.15) is 49.2 Å². The Kier molecular flexibility index (Phi) is 8.14. The van der Waals surface area contributed by atoms with E-state index in [-0.39, 0.29) is 17.6 Å². The molecule has 0 N–H and O–H groups in total. The van der Waals surface area contributed by atoms with E-state index in [0.717, 1.165) is 31.6 Å². The van der Waals surface area contributed by atoms with Crippen LogP contribution < -0.4 is 0 Å². The van der Waals surface area contributed by atoms with E-state index in [2.05, 4.69) is 18.7 Å². The SMILES string of the molecule is CCN(CC)CCCN(C(=O)c1ccc([N+](=O)[O-])cc1)C(C)c1ccccc1. The molecule has 0 bridgehead atoms. The topological polar surface area (TPSA) is 66.7 Å². The van der Waals surface area contributed by atoms with Crippen LogP contribution in [0.4, 0.5) is 5.69 Å². The first-order valence-corrected chi connectivity index (χ1v) is 9.80. The maximum Gasteiger partial charge on any atom is 0.269 e. The highest BCUT2D eigenvalue weighted by Gasteiger charge is 2.23. The molecule has 6 nitrogen and oxygen atoms in total. The van der Waals surface area contributed by atoms with Gasteiger partial charge in [-0.3, -0.25) is 14.9 Å². The molecule has 0 spiro atoms. The number of nitro groups is 1. The normalized spacial score (nSPS) is 12.0. The second-order valence-corrected chi connectivity index (χ2v) is 6.77. The van der Waals surface area contributed by atoms with Gasteiger partial charge in [0.15, 0.2) is 0 Å². The van der Waals surface area contributed by atoms with E-state index < -0.39 is 4.92 Å². The summed E-state index contributed by atoms with van der Waals surface area (Å²) < 4.78 is 0. The molecule has 28 heavy (non-hydrogen) atoms. The average molecular weight is 383 g/mol. The lowest BCUT2D eigenvalue weighted by atomic mass is 10.0. The van der Waals surface area contributed by atoms with Gasteiger partial charge in [0.05, 0.1) is 11.0 Å². The minimum absolute atomic E-state index is 0.0132. The highest BCUT2D eigenvalue weighted by Crippen LogP contribution is 2.23. The second kappa shape index (κ2) is 10.6. The van der Waals surface area contributed by atoms with Crippen molar-refractivity contribution in [2.75, 3.05) is 26.2 Å². The maximum atomic E-state index is 13.2. The molecule has 0 saturated carbocycles. The first-order chi connectivity index (χ1) is 13.5. The highest BCUT2D eigenvalue weighted by molar-refractivity contribution is 5.94. The molecule has 2 rings (SSSR count). The lowest BCUT2D eigenvalue weighted by Gasteiger charge is -2.31. The van der Waals surface area contributed by atoms with Crippen molar-refractivity contribution >= 4 is 11.6 Å². The molecular formula is C22H29N3O3. The van der Waals surface area contributed by atoms with E-state index in [1.807, 2.05) is 42.2 Å². The molecule has 1 unspecified atom stereocenters. The third-order valence-electron chi connectivity index (χ3n) is 5.10. The van der Waals surface area contributed by atoms with E-state index in [0.29, 0.717) is 12.1 Å². The number of non-ortho nitro benzene ring substituents is 1. The van der Waals surface area contributed by atoms with E-state index >= 15 is 0 Å². The van der Waals surface area contributed by atoms with Gasteiger partial charge in [-0.1, -0.05) is 44.2 Å². The summed E-state index contributed by atoms with van der Waals surface area (Å²) in [6, 6.07) is 15.7. The van der Waals surface area contributed by atoms with Crippen molar-refractivity contribution in [3.05, 3.63) is 75.8 Å². The minimum Gasteiger partial charge on any atom is -0.332 e. The Labute approximate surface area is 166 Å². The number of nitrogens with zero attached hydrogens (tertiary/aromatic N) is 3. The average Bonchev–Trinajstić information content (AvgIpc) is 2.74. The fraction of sp³-hybridized carbons (Fsp3) is 0.409. The van der Waals surface area contributed by atoms with Crippen LogP contribution >= 0.6 is 0 Å². The van der Waals surface area contributed by atoms with Crippen molar-refractivity contribution in [3.63, 3.8) is 0 Å². The molecule has 0 fully saturated rings. The van der Waals surface area contributed by atoms with Gasteiger partial charge >= 0.3 is 0 Å². The third kappa shape index (κ3) is 5.63. The highest BCUT2D eigenvalue weighted by atomic mass is 16.6. The number of benzene rings is 2. The van der Waals surface area contributed by atoms with E-state index in [1.165, 1.54) is 24.3 Å². The fourth-order valence-electron chi connectivity index (χ4n) is 3.28. The number of hydrogen-bond acceptors (Lipinski definition) is 4. The number of hydrogen-bond donors (Lipinski definition) is 0. The van der Waals surface area contributed by atoms with E-state index in [4.69, 9.17) is 0 Å². The monoisotopic (exact) mass is 383 g/mol. The number of rotatable bonds is 10. The maximum absolute atomic E-state index is 13.2. The van der Waals surface area contributed by atoms with Gasteiger partial charge in [0.2, 0.25) is 0 Å². The Morgan fingerprint density at radius 3 is 2.14 bits per heavy atom. The van der Waals surface area contributed by atoms with Gasteiger partial charge in [0.1, 0.15) is 0 Å². The smallest absolute Gasteiger partial charge is 0.269 e. The first-order valence-electron chi connectivity index (χ1n) is 9.80. The van der Waals surface area contributed by atoms with Crippen molar-refractivity contribution in [2.45, 2.75) is 33.2 Å². The first kappa shape index (κ1) is 21.6. The lowest BCUT2D eigenvalue weighted by Crippen LogP contribution is -2.36. The zero-order valence-electron chi connectivity index (χ0n) is 16.9. The van der Waals surface area contributed by atoms with Crippen molar-refractivity contribution in [2.24, 2.45) is 0 Å². The third-order valence-corrected chi connectivity index (χ3v) is 5.10. The molecule has 0 aliphatic heterocycles. The van der Waals surface area contributed by atoms with Crippen molar-refractivity contribution < 1.29 is 9.72 Å². The van der Waals surface area contributed by atoms with E-state index in [1.54, 1.807) is 0 Å². The Hall–Kier alpha value is -2.73. The van der Waals surface area contributed by atoms with Gasteiger partial charge in [-0.05, 0) is 50.7 Å². The molecule has 0 saturated heterocycles. The molecule has 2 aromatic carbocycles. The van der Waals surface area contributed by atoms with Gasteiger partial charge in [-0.25, -0.2) is 0 Å². The van der Waals surface area contributed by atoms with Crippen molar-refractivity contribution in [3.8, 4) is 0 Å². The van der Waals surface area contributed by atoms with Crippen LogP contribution in [0.25, 0.3) is 0 Å². The van der Waals surface area contributed by atoms with Gasteiger partial charge in [0, 0.05) is 24.2 Å². The zero-order chi connectivity index (χ0) is 20.5. The van der Waals surface area contributed by atoms with Gasteiger partial charge < -0.3 is 9.80 Å². The van der Waals surface area contributed by atoms with Gasteiger partial charge in [-0.2, -0.15) is 0 Å². The number of amides is 1. The molecule has 1 amide bonds. The Morgan fingerprint density at radius 2 is 1.61 bits per heavy atom. The Bertz CT molecular complexity index is 758. The van der Waals surface area contributed by atoms with Crippen LogP contribution in [0, 0.1) is 10.1 Å². The van der Waals surface area contributed by atoms with E-state index in [9.17, 15) is 14.9 Å². The molecule has 0 radical (unpaired) electrons. The summed E-state index contributed by atoms with van der Waals surface area (Å²) in [5.74, 6) is -0.106. The van der Waals surface area contributed by atoms with Crippen LogP contribution in [0.5, 0.6) is 0 Å². The van der Waals surface area contributed by atoms with Crippen molar-refractivity contribution in [1.29, 1.82) is 0 Å². The minimum atomic E-state index is -0.456. The summed E-state index contributed by atoms with van der Waals surface area (Å²) in [6.07, 6.45) is 0.873. The molecule has 6 heteroatoms. The van der Waals surface area contributed by atoms with Crippen LogP contribution in [0.15, 0.2) is 54.6 Å². The standard InChI is InChI=1S/C22H29N3O3/c1-4-23(5-2)16-9-17-24(18(3)19-10-7-6-8-11-19)22(26)20-12-14-21(15-13-20)25(27)28/h6-8,10-15,18H,4-5,9,16-17H2,1-3H3. The summed E-state index contributed by atoms with van der Waals surface area (Å²) in [4.78, 5) is 27.8. The molecule has 1 atom stereocenters. The summed E-state index contributed by atoms with van der Waals surface area (Å²) in [5, 5.41) is 10.9. The summed E-state index contributed by atoms with van der Waals surface area (Å²) in [6.45, 7) is 9.82. The Balaban J connectivity index is 2.20. The van der Waals surface area contributed by atoms with Gasteiger partial charge in [0.25, 0.3) is 11.6 Å². The zero-order valence-corrected chi connectivity index (χ0v) is 16.9. The molecule has 0 aliphatic rings. The molecule has 0 aromatic heterocycles. The van der Waals surface area contributed by atoms with Crippen LogP contribution in [-0.2, 0) is 0 Å². The van der Waals surface area contributed by atoms with Crippen LogP contribution in [-0.4, -0.2) is 46.8 Å². The number of nitro benzene ring substituents is 1. The van der Waals surface area contributed by atoms with Gasteiger partial charge in [-0.15, -0.1) is 0 Å². The molecule has 150 valence electrons. The molecule has 0 aliphatic carbocycles. The number of carbonyl (C=O) groups is 1. The lowest BCUT2D eigenvalue weighted by molar-refractivity contribution is -0.384. The molecule has 2 aromatic rings. The molecule has 0 heterocycles. The Morgan fingerprint density at radius 1 is 1.00 bits per heavy atom. The largest absolute Gasteiger partial charge is 0.332 e. The van der Waals surface area contributed by atoms with Crippen LogP contribution in [0.2, 0.25) is 0 Å². The summed E-state index contributed by atoms with van der Waals surface area (Å²) in [7, 11) is 0. The van der Waals surface area contributed by atoms with Crippen LogP contribution in [0.3, 0.4) is 0 Å². The van der Waals surface area contributed by atoms with Crippen molar-refractivity contribution in [1.82, 2.24) is 9.80 Å². The predicted octanol–water partition coefficient (Wildman–Crippen LogP) is 4.53. The fourth-order valence-corrected chi connectivity index (χ4v) is 3.28. The molecular weight excluding hydrogens is 354 g/mol. The quantitative estimate of drug-likeness (QED) is 0.446. The number of carbonyl (C=O) groups excluding carboxylic acids is 1.